The van der Waals surface area contributed by atoms with Crippen molar-refractivity contribution in [3.05, 3.63) is 59.4 Å². The number of rotatable bonds is 4. The van der Waals surface area contributed by atoms with E-state index in [4.69, 9.17) is 0 Å². The number of aryl methyl sites for hydroxylation is 1. The molecule has 2 aromatic rings. The molecule has 0 aliphatic rings. The lowest BCUT2D eigenvalue weighted by molar-refractivity contribution is 0.828. The standard InChI is InChI=1S/C16H17N3/c1-3-19(12-14-6-8-18-9-7-14)16-10-13(2)4-5-15(16)11-17/h4-10H,3,12H2,1-2H3. The largest absolute Gasteiger partial charge is 0.366 e. The van der Waals surface area contributed by atoms with E-state index in [0.717, 1.165) is 24.3 Å². The van der Waals surface area contributed by atoms with Crippen molar-refractivity contribution >= 4 is 5.69 Å². The van der Waals surface area contributed by atoms with Gasteiger partial charge in [0.05, 0.1) is 11.3 Å². The molecule has 0 atom stereocenters. The molecule has 96 valence electrons. The van der Waals surface area contributed by atoms with Gasteiger partial charge in [0.2, 0.25) is 0 Å². The highest BCUT2D eigenvalue weighted by Crippen LogP contribution is 2.23. The highest BCUT2D eigenvalue weighted by atomic mass is 15.1. The number of anilines is 1. The topological polar surface area (TPSA) is 39.9 Å². The number of aromatic nitrogens is 1. The quantitative estimate of drug-likeness (QED) is 0.837. The number of hydrogen-bond acceptors (Lipinski definition) is 3. The van der Waals surface area contributed by atoms with Crippen molar-refractivity contribution in [1.82, 2.24) is 4.98 Å². The maximum atomic E-state index is 9.23. The van der Waals surface area contributed by atoms with Crippen molar-refractivity contribution in [3.8, 4) is 6.07 Å². The fraction of sp³-hybridized carbons (Fsp3) is 0.250. The fourth-order valence-electron chi connectivity index (χ4n) is 2.07. The smallest absolute Gasteiger partial charge is 0.101 e. The molecule has 1 aromatic carbocycles. The average molecular weight is 251 g/mol. The van der Waals surface area contributed by atoms with Crippen LogP contribution in [0.2, 0.25) is 0 Å². The van der Waals surface area contributed by atoms with Crippen LogP contribution in [0.25, 0.3) is 0 Å². The summed E-state index contributed by atoms with van der Waals surface area (Å²) in [5.74, 6) is 0. The first-order valence-electron chi connectivity index (χ1n) is 6.39. The van der Waals surface area contributed by atoms with E-state index in [1.807, 2.05) is 31.2 Å². The molecule has 0 amide bonds. The highest BCUT2D eigenvalue weighted by molar-refractivity contribution is 5.60. The maximum Gasteiger partial charge on any atom is 0.101 e. The molecule has 0 bridgehead atoms. The number of nitrogens with zero attached hydrogens (tertiary/aromatic N) is 3. The van der Waals surface area contributed by atoms with Gasteiger partial charge in [-0.25, -0.2) is 0 Å². The first-order chi connectivity index (χ1) is 9.24. The summed E-state index contributed by atoms with van der Waals surface area (Å²) >= 11 is 0. The minimum Gasteiger partial charge on any atom is -0.366 e. The van der Waals surface area contributed by atoms with Crippen LogP contribution in [0.3, 0.4) is 0 Å². The minimum absolute atomic E-state index is 0.724. The lowest BCUT2D eigenvalue weighted by Gasteiger charge is -2.24. The molecule has 0 aliphatic heterocycles. The minimum atomic E-state index is 0.724. The Bertz CT molecular complexity index is 585. The molecule has 0 radical (unpaired) electrons. The Labute approximate surface area is 114 Å². The summed E-state index contributed by atoms with van der Waals surface area (Å²) in [6, 6.07) is 12.2. The Morgan fingerprint density at radius 1 is 1.21 bits per heavy atom. The van der Waals surface area contributed by atoms with Crippen LogP contribution in [-0.4, -0.2) is 11.5 Å². The molecule has 0 aliphatic carbocycles. The Morgan fingerprint density at radius 2 is 1.95 bits per heavy atom. The Morgan fingerprint density at radius 3 is 2.58 bits per heavy atom. The average Bonchev–Trinajstić information content (AvgIpc) is 2.46. The summed E-state index contributed by atoms with van der Waals surface area (Å²) in [6.45, 7) is 5.80. The van der Waals surface area contributed by atoms with E-state index >= 15 is 0 Å². The fourth-order valence-corrected chi connectivity index (χ4v) is 2.07. The molecular formula is C16H17N3. The molecular weight excluding hydrogens is 234 g/mol. The molecule has 2 rings (SSSR count). The molecule has 3 nitrogen and oxygen atoms in total. The van der Waals surface area contributed by atoms with Crippen LogP contribution in [0.15, 0.2) is 42.7 Å². The van der Waals surface area contributed by atoms with Crippen molar-refractivity contribution < 1.29 is 0 Å². The number of nitriles is 1. The number of benzene rings is 1. The van der Waals surface area contributed by atoms with E-state index in [1.165, 1.54) is 11.1 Å². The van der Waals surface area contributed by atoms with E-state index in [1.54, 1.807) is 12.4 Å². The van der Waals surface area contributed by atoms with Crippen LogP contribution in [0.4, 0.5) is 5.69 Å². The summed E-state index contributed by atoms with van der Waals surface area (Å²) in [6.07, 6.45) is 3.59. The zero-order valence-electron chi connectivity index (χ0n) is 11.3. The summed E-state index contributed by atoms with van der Waals surface area (Å²) < 4.78 is 0. The Balaban J connectivity index is 2.32. The molecule has 0 N–H and O–H groups in total. The van der Waals surface area contributed by atoms with Crippen LogP contribution in [0.5, 0.6) is 0 Å². The van der Waals surface area contributed by atoms with E-state index in [9.17, 15) is 5.26 Å². The summed E-state index contributed by atoms with van der Waals surface area (Å²) in [5.41, 5.74) is 4.09. The molecule has 1 heterocycles. The van der Waals surface area contributed by atoms with Crippen LogP contribution in [0.1, 0.15) is 23.6 Å². The maximum absolute atomic E-state index is 9.23. The van der Waals surface area contributed by atoms with E-state index in [-0.39, 0.29) is 0 Å². The van der Waals surface area contributed by atoms with Crippen molar-refractivity contribution in [2.75, 3.05) is 11.4 Å². The predicted octanol–water partition coefficient (Wildman–Crippen LogP) is 3.29. The van der Waals surface area contributed by atoms with Gasteiger partial charge in [0.25, 0.3) is 0 Å². The second-order valence-electron chi connectivity index (χ2n) is 4.50. The van der Waals surface area contributed by atoms with E-state index in [2.05, 4.69) is 28.9 Å². The molecule has 0 fully saturated rings. The van der Waals surface area contributed by atoms with Gasteiger partial charge >= 0.3 is 0 Å². The summed E-state index contributed by atoms with van der Waals surface area (Å²) in [4.78, 5) is 6.24. The van der Waals surface area contributed by atoms with Crippen LogP contribution < -0.4 is 4.90 Å². The van der Waals surface area contributed by atoms with Gasteiger partial charge in [-0.1, -0.05) is 6.07 Å². The third kappa shape index (κ3) is 3.11. The van der Waals surface area contributed by atoms with E-state index in [0.29, 0.717) is 0 Å². The zero-order valence-corrected chi connectivity index (χ0v) is 11.3. The molecule has 0 saturated heterocycles. The predicted molar refractivity (Wildman–Crippen MR) is 76.9 cm³/mol. The summed E-state index contributed by atoms with van der Waals surface area (Å²) in [5, 5.41) is 9.23. The normalized spacial score (nSPS) is 9.95. The molecule has 0 saturated carbocycles. The van der Waals surface area contributed by atoms with Crippen LogP contribution >= 0.6 is 0 Å². The molecule has 3 heteroatoms. The Hall–Kier alpha value is -2.34. The first-order valence-corrected chi connectivity index (χ1v) is 6.39. The van der Waals surface area contributed by atoms with Gasteiger partial charge in [-0.15, -0.1) is 0 Å². The lowest BCUT2D eigenvalue weighted by Crippen LogP contribution is -2.23. The second-order valence-corrected chi connectivity index (χ2v) is 4.50. The van der Waals surface area contributed by atoms with Gasteiger partial charge in [-0.2, -0.15) is 5.26 Å². The monoisotopic (exact) mass is 251 g/mol. The van der Waals surface area contributed by atoms with Gasteiger partial charge < -0.3 is 4.90 Å². The Kier molecular flexibility index (Phi) is 4.15. The van der Waals surface area contributed by atoms with Crippen LogP contribution in [-0.2, 0) is 6.54 Å². The van der Waals surface area contributed by atoms with Crippen molar-refractivity contribution in [1.29, 1.82) is 5.26 Å². The molecule has 1 aromatic heterocycles. The molecule has 0 unspecified atom stereocenters. The molecule has 0 spiro atoms. The third-order valence-corrected chi connectivity index (χ3v) is 3.12. The number of pyridine rings is 1. The van der Waals surface area contributed by atoms with Gasteiger partial charge in [-0.05, 0) is 49.2 Å². The first kappa shape index (κ1) is 13.1. The van der Waals surface area contributed by atoms with Crippen molar-refractivity contribution in [2.45, 2.75) is 20.4 Å². The van der Waals surface area contributed by atoms with E-state index < -0.39 is 0 Å². The van der Waals surface area contributed by atoms with Gasteiger partial charge in [0.15, 0.2) is 0 Å². The van der Waals surface area contributed by atoms with Gasteiger partial charge in [0.1, 0.15) is 6.07 Å². The van der Waals surface area contributed by atoms with Crippen molar-refractivity contribution in [2.24, 2.45) is 0 Å². The van der Waals surface area contributed by atoms with Gasteiger partial charge in [0, 0.05) is 25.5 Å². The summed E-state index contributed by atoms with van der Waals surface area (Å²) in [7, 11) is 0. The third-order valence-electron chi connectivity index (χ3n) is 3.12. The zero-order chi connectivity index (χ0) is 13.7. The van der Waals surface area contributed by atoms with Crippen molar-refractivity contribution in [3.63, 3.8) is 0 Å². The highest BCUT2D eigenvalue weighted by Gasteiger charge is 2.10. The van der Waals surface area contributed by atoms with Gasteiger partial charge in [-0.3, -0.25) is 4.98 Å². The lowest BCUT2D eigenvalue weighted by atomic mass is 10.1. The SMILES string of the molecule is CCN(Cc1ccncc1)c1cc(C)ccc1C#N. The second kappa shape index (κ2) is 6.01. The number of hydrogen-bond donors (Lipinski definition) is 0. The molecule has 19 heavy (non-hydrogen) atoms. The van der Waals surface area contributed by atoms with Crippen LogP contribution in [0, 0.1) is 18.3 Å².